The SMILES string of the molecule is CCN=C=NC(C)(Cl)C(C)C. The molecule has 0 saturated carbocycles. The lowest BCUT2D eigenvalue weighted by molar-refractivity contribution is 0.477. The molecular weight excluding hydrogens is 160 g/mol. The second-order valence-electron chi connectivity index (χ2n) is 2.86. The second kappa shape index (κ2) is 4.53. The van der Waals surface area contributed by atoms with E-state index in [0.717, 1.165) is 0 Å². The van der Waals surface area contributed by atoms with E-state index >= 15 is 0 Å². The molecule has 11 heavy (non-hydrogen) atoms. The van der Waals surface area contributed by atoms with E-state index in [1.165, 1.54) is 0 Å². The average molecular weight is 175 g/mol. The van der Waals surface area contributed by atoms with Crippen molar-refractivity contribution in [1.82, 2.24) is 0 Å². The van der Waals surface area contributed by atoms with Gasteiger partial charge < -0.3 is 0 Å². The summed E-state index contributed by atoms with van der Waals surface area (Å²) < 4.78 is 0. The van der Waals surface area contributed by atoms with Crippen molar-refractivity contribution < 1.29 is 0 Å². The minimum atomic E-state index is -0.557. The molecule has 0 heterocycles. The van der Waals surface area contributed by atoms with Crippen LogP contribution < -0.4 is 0 Å². The molecule has 0 radical (unpaired) electrons. The van der Waals surface area contributed by atoms with Crippen molar-refractivity contribution in [2.24, 2.45) is 15.9 Å². The van der Waals surface area contributed by atoms with Crippen LogP contribution in [-0.2, 0) is 0 Å². The van der Waals surface area contributed by atoms with Crippen molar-refractivity contribution in [3.63, 3.8) is 0 Å². The number of aliphatic imine (C=N–C) groups is 2. The molecule has 0 aliphatic rings. The fourth-order valence-electron chi connectivity index (χ4n) is 0.333. The second-order valence-corrected chi connectivity index (χ2v) is 3.63. The predicted molar refractivity (Wildman–Crippen MR) is 49.5 cm³/mol. The number of nitrogens with zero attached hydrogens (tertiary/aromatic N) is 2. The standard InChI is InChI=1S/C8H15ClN2/c1-5-10-6-11-8(4,9)7(2)3/h7H,5H2,1-4H3. The first-order valence-electron chi connectivity index (χ1n) is 3.83. The highest BCUT2D eigenvalue weighted by Gasteiger charge is 2.23. The zero-order valence-electron chi connectivity index (χ0n) is 7.56. The highest BCUT2D eigenvalue weighted by atomic mass is 35.5. The van der Waals surface area contributed by atoms with E-state index in [1.54, 1.807) is 0 Å². The quantitative estimate of drug-likeness (QED) is 0.357. The topological polar surface area (TPSA) is 24.7 Å². The summed E-state index contributed by atoms with van der Waals surface area (Å²) in [7, 11) is 0. The summed E-state index contributed by atoms with van der Waals surface area (Å²) in [5.74, 6) is 0.295. The summed E-state index contributed by atoms with van der Waals surface area (Å²) in [6.07, 6.45) is 0. The van der Waals surface area contributed by atoms with E-state index in [9.17, 15) is 0 Å². The fourth-order valence-corrected chi connectivity index (χ4v) is 0.371. The molecule has 0 N–H and O–H groups in total. The Bertz CT molecular complexity index is 167. The van der Waals surface area contributed by atoms with Gasteiger partial charge in [-0.25, -0.2) is 9.98 Å². The van der Waals surface area contributed by atoms with E-state index in [0.29, 0.717) is 12.5 Å². The minimum Gasteiger partial charge on any atom is -0.226 e. The van der Waals surface area contributed by atoms with Crippen LogP contribution in [-0.4, -0.2) is 17.6 Å². The van der Waals surface area contributed by atoms with Crippen LogP contribution in [0.15, 0.2) is 9.98 Å². The molecule has 2 nitrogen and oxygen atoms in total. The van der Waals surface area contributed by atoms with Crippen molar-refractivity contribution in [3.8, 4) is 0 Å². The zero-order valence-corrected chi connectivity index (χ0v) is 8.31. The zero-order chi connectivity index (χ0) is 8.91. The molecule has 0 aliphatic carbocycles. The van der Waals surface area contributed by atoms with Crippen LogP contribution in [0.4, 0.5) is 0 Å². The van der Waals surface area contributed by atoms with E-state index in [1.807, 2.05) is 27.7 Å². The van der Waals surface area contributed by atoms with Crippen molar-refractivity contribution in [3.05, 3.63) is 0 Å². The molecule has 0 saturated heterocycles. The Balaban J connectivity index is 4.22. The van der Waals surface area contributed by atoms with Gasteiger partial charge in [0, 0.05) is 6.54 Å². The lowest BCUT2D eigenvalue weighted by Crippen LogP contribution is -2.20. The summed E-state index contributed by atoms with van der Waals surface area (Å²) in [5, 5.41) is 0. The Morgan fingerprint density at radius 1 is 1.55 bits per heavy atom. The van der Waals surface area contributed by atoms with E-state index in [2.05, 4.69) is 16.0 Å². The third-order valence-corrected chi connectivity index (χ3v) is 2.07. The van der Waals surface area contributed by atoms with Gasteiger partial charge in [0.1, 0.15) is 5.00 Å². The van der Waals surface area contributed by atoms with Gasteiger partial charge in [-0.1, -0.05) is 25.4 Å². The molecule has 0 amide bonds. The van der Waals surface area contributed by atoms with Crippen LogP contribution in [0.5, 0.6) is 0 Å². The lowest BCUT2D eigenvalue weighted by Gasteiger charge is -2.18. The first-order chi connectivity index (χ1) is 5.00. The van der Waals surface area contributed by atoms with Gasteiger partial charge in [-0.05, 0) is 19.8 Å². The molecule has 0 fully saturated rings. The third kappa shape index (κ3) is 4.18. The number of alkyl halides is 1. The van der Waals surface area contributed by atoms with Crippen molar-refractivity contribution in [1.29, 1.82) is 0 Å². The Morgan fingerprint density at radius 2 is 2.09 bits per heavy atom. The van der Waals surface area contributed by atoms with Crippen LogP contribution in [0.1, 0.15) is 27.7 Å². The highest BCUT2D eigenvalue weighted by molar-refractivity contribution is 6.23. The maximum Gasteiger partial charge on any atom is 0.144 e. The van der Waals surface area contributed by atoms with Crippen LogP contribution in [0.3, 0.4) is 0 Å². The molecule has 1 atom stereocenters. The van der Waals surface area contributed by atoms with Gasteiger partial charge in [-0.2, -0.15) is 0 Å². The number of halogens is 1. The third-order valence-electron chi connectivity index (χ3n) is 1.55. The molecule has 1 unspecified atom stereocenters. The lowest BCUT2D eigenvalue weighted by atomic mass is 10.1. The predicted octanol–water partition coefficient (Wildman–Crippen LogP) is 2.79. The van der Waals surface area contributed by atoms with Crippen LogP contribution in [0.2, 0.25) is 0 Å². The molecule has 0 aromatic heterocycles. The smallest absolute Gasteiger partial charge is 0.144 e. The first kappa shape index (κ1) is 10.7. The van der Waals surface area contributed by atoms with Crippen molar-refractivity contribution >= 4 is 17.6 Å². The Kier molecular flexibility index (Phi) is 4.39. The number of rotatable bonds is 3. The Morgan fingerprint density at radius 3 is 2.45 bits per heavy atom. The molecule has 0 rings (SSSR count). The summed E-state index contributed by atoms with van der Waals surface area (Å²) in [5.41, 5.74) is 0. The van der Waals surface area contributed by atoms with E-state index in [4.69, 9.17) is 11.6 Å². The fraction of sp³-hybridized carbons (Fsp3) is 0.875. The van der Waals surface area contributed by atoms with Crippen molar-refractivity contribution in [2.45, 2.75) is 32.7 Å². The summed E-state index contributed by atoms with van der Waals surface area (Å²) in [6, 6.07) is 2.57. The summed E-state index contributed by atoms with van der Waals surface area (Å²) in [6.45, 7) is 8.53. The van der Waals surface area contributed by atoms with Crippen LogP contribution in [0.25, 0.3) is 0 Å². The van der Waals surface area contributed by atoms with E-state index in [-0.39, 0.29) is 0 Å². The average Bonchev–Trinajstić information content (AvgIpc) is 1.88. The maximum atomic E-state index is 6.02. The molecule has 3 heteroatoms. The van der Waals surface area contributed by atoms with Gasteiger partial charge in [0.05, 0.1) is 6.01 Å². The van der Waals surface area contributed by atoms with Gasteiger partial charge >= 0.3 is 0 Å². The normalized spacial score (nSPS) is 15.5. The molecule has 0 aromatic carbocycles. The van der Waals surface area contributed by atoms with Gasteiger partial charge in [-0.3, -0.25) is 0 Å². The van der Waals surface area contributed by atoms with Gasteiger partial charge in [-0.15, -0.1) is 0 Å². The highest BCUT2D eigenvalue weighted by Crippen LogP contribution is 2.24. The molecule has 0 spiro atoms. The van der Waals surface area contributed by atoms with Gasteiger partial charge in [0.25, 0.3) is 0 Å². The number of hydrogen-bond donors (Lipinski definition) is 0. The molecular formula is C8H15ClN2. The number of hydrogen-bond acceptors (Lipinski definition) is 2. The Hall–Kier alpha value is -0.330. The molecule has 0 bridgehead atoms. The van der Waals surface area contributed by atoms with Gasteiger partial charge in [0.15, 0.2) is 0 Å². The molecule has 0 aliphatic heterocycles. The molecule has 64 valence electrons. The first-order valence-corrected chi connectivity index (χ1v) is 4.20. The maximum absolute atomic E-state index is 6.02. The summed E-state index contributed by atoms with van der Waals surface area (Å²) >= 11 is 6.02. The minimum absolute atomic E-state index is 0.295. The van der Waals surface area contributed by atoms with Crippen LogP contribution in [0, 0.1) is 5.92 Å². The van der Waals surface area contributed by atoms with Crippen LogP contribution >= 0.6 is 11.6 Å². The van der Waals surface area contributed by atoms with Gasteiger partial charge in [0.2, 0.25) is 0 Å². The van der Waals surface area contributed by atoms with E-state index < -0.39 is 5.00 Å². The molecule has 0 aromatic rings. The summed E-state index contributed by atoms with van der Waals surface area (Å²) in [4.78, 5) is 7.28. The monoisotopic (exact) mass is 174 g/mol. The Labute approximate surface area is 73.4 Å². The van der Waals surface area contributed by atoms with Crippen molar-refractivity contribution in [2.75, 3.05) is 6.54 Å². The largest absolute Gasteiger partial charge is 0.226 e.